The Kier molecular flexibility index (Phi) is 10.3. The van der Waals surface area contributed by atoms with Crippen LogP contribution in [0.2, 0.25) is 0 Å². The monoisotopic (exact) mass is 660 g/mol. The van der Waals surface area contributed by atoms with Crippen LogP contribution in [0.25, 0.3) is 21.7 Å². The van der Waals surface area contributed by atoms with Crippen molar-refractivity contribution in [3.05, 3.63) is 125 Å². The van der Waals surface area contributed by atoms with Crippen molar-refractivity contribution in [2.45, 2.75) is 32.5 Å². The molecule has 5 aromatic rings. The summed E-state index contributed by atoms with van der Waals surface area (Å²) in [5.74, 6) is -0.287. The summed E-state index contributed by atoms with van der Waals surface area (Å²) in [5.41, 5.74) is 5.71. The van der Waals surface area contributed by atoms with Crippen LogP contribution < -0.4 is 10.1 Å². The highest BCUT2D eigenvalue weighted by molar-refractivity contribution is 7.13. The summed E-state index contributed by atoms with van der Waals surface area (Å²) in [5, 5.41) is 15.9. The molecule has 0 fully saturated rings. The van der Waals surface area contributed by atoms with Gasteiger partial charge in [-0.1, -0.05) is 79.7 Å². The molecule has 6 rings (SSSR count). The molecule has 8 nitrogen and oxygen atoms in total. The number of ether oxygens (including phenoxy) is 1. The quantitative estimate of drug-likeness (QED) is 0.166. The van der Waals surface area contributed by atoms with E-state index < -0.39 is 0 Å². The number of rotatable bonds is 10. The van der Waals surface area contributed by atoms with Crippen LogP contribution >= 0.6 is 11.3 Å². The lowest BCUT2D eigenvalue weighted by molar-refractivity contribution is 0.0343. The first kappa shape index (κ1) is 33.1. The standard InChI is InChI=1S/C39H40N4O4S/c1-26-22-43(27(2)25-44)39(46)33-10-7-11-34(41-37(45)31-16-18-32(19-17-31)38-40-20-21-48-38)36(33)47-35(26)24-42(3)23-28-12-14-30(15-13-28)29-8-5-4-6-9-29/h4-21,26-27,35,44H,22-25H2,1-3H3,(H,41,45)/t26-,27-,35+/m1/s1. The molecule has 0 spiro atoms. The minimum atomic E-state index is -0.387. The van der Waals surface area contributed by atoms with Crippen molar-refractivity contribution >= 4 is 28.8 Å². The first-order valence-corrected chi connectivity index (χ1v) is 17.0. The lowest BCUT2D eigenvalue weighted by Crippen LogP contribution is -2.49. The molecule has 2 heterocycles. The van der Waals surface area contributed by atoms with Crippen LogP contribution in [-0.4, -0.2) is 70.6 Å². The van der Waals surface area contributed by atoms with Gasteiger partial charge in [-0.3, -0.25) is 14.5 Å². The Hall–Kier alpha value is -4.83. The van der Waals surface area contributed by atoms with E-state index in [1.54, 1.807) is 41.4 Å². The number of amides is 2. The summed E-state index contributed by atoms with van der Waals surface area (Å²) < 4.78 is 6.73. The van der Waals surface area contributed by atoms with Crippen molar-refractivity contribution in [1.82, 2.24) is 14.8 Å². The van der Waals surface area contributed by atoms with Crippen LogP contribution in [-0.2, 0) is 6.54 Å². The predicted molar refractivity (Wildman–Crippen MR) is 191 cm³/mol. The topological polar surface area (TPSA) is 95.0 Å². The SMILES string of the molecule is C[C@@H]1CN([C@H](C)CO)C(=O)c2cccc(NC(=O)c3ccc(-c4nccs4)cc3)c2O[C@H]1CN(C)Cc1ccc(-c2ccccc2)cc1. The van der Waals surface area contributed by atoms with Gasteiger partial charge in [0.25, 0.3) is 11.8 Å². The number of hydrogen-bond donors (Lipinski definition) is 2. The Morgan fingerprint density at radius 3 is 2.40 bits per heavy atom. The molecule has 0 aliphatic carbocycles. The second-order valence-electron chi connectivity index (χ2n) is 12.4. The maximum atomic E-state index is 13.9. The molecule has 1 aromatic heterocycles. The molecular formula is C39H40N4O4S. The third-order valence-electron chi connectivity index (χ3n) is 8.77. The fraction of sp³-hybridized carbons (Fsp3) is 0.256. The highest BCUT2D eigenvalue weighted by Crippen LogP contribution is 2.35. The zero-order valence-corrected chi connectivity index (χ0v) is 28.2. The summed E-state index contributed by atoms with van der Waals surface area (Å²) in [4.78, 5) is 35.6. The molecule has 2 amide bonds. The highest BCUT2D eigenvalue weighted by atomic mass is 32.1. The Bertz CT molecular complexity index is 1830. The van der Waals surface area contributed by atoms with Gasteiger partial charge in [0.1, 0.15) is 11.1 Å². The maximum Gasteiger partial charge on any atom is 0.258 e. The molecule has 2 N–H and O–H groups in total. The van der Waals surface area contributed by atoms with Gasteiger partial charge in [0.2, 0.25) is 0 Å². The van der Waals surface area contributed by atoms with Crippen LogP contribution in [0.3, 0.4) is 0 Å². The average Bonchev–Trinajstić information content (AvgIpc) is 3.66. The number of anilines is 1. The van der Waals surface area contributed by atoms with Crippen molar-refractivity contribution in [2.75, 3.05) is 32.1 Å². The number of carbonyl (C=O) groups is 2. The van der Waals surface area contributed by atoms with Crippen molar-refractivity contribution in [2.24, 2.45) is 5.92 Å². The summed E-state index contributed by atoms with van der Waals surface area (Å²) in [6, 6.07) is 31.0. The second kappa shape index (κ2) is 14.9. The number of aliphatic hydroxyl groups excluding tert-OH is 1. The number of aliphatic hydroxyl groups is 1. The molecule has 0 unspecified atom stereocenters. The van der Waals surface area contributed by atoms with Crippen molar-refractivity contribution in [3.8, 4) is 27.4 Å². The van der Waals surface area contributed by atoms with Gasteiger partial charge in [-0.05, 0) is 54.9 Å². The lowest BCUT2D eigenvalue weighted by atomic mass is 9.98. The molecule has 0 saturated carbocycles. The molecule has 4 aromatic carbocycles. The minimum Gasteiger partial charge on any atom is -0.486 e. The van der Waals surface area contributed by atoms with Crippen LogP contribution in [0.5, 0.6) is 5.75 Å². The van der Waals surface area contributed by atoms with Gasteiger partial charge >= 0.3 is 0 Å². The number of likely N-dealkylation sites (N-methyl/N-ethyl adjacent to an activating group) is 1. The number of carbonyl (C=O) groups excluding carboxylic acids is 2. The summed E-state index contributed by atoms with van der Waals surface area (Å²) >= 11 is 1.54. The predicted octanol–water partition coefficient (Wildman–Crippen LogP) is 7.08. The van der Waals surface area contributed by atoms with E-state index in [0.717, 1.165) is 10.6 Å². The fourth-order valence-corrected chi connectivity index (χ4v) is 6.65. The Morgan fingerprint density at radius 1 is 1.00 bits per heavy atom. The number of para-hydroxylation sites is 1. The van der Waals surface area contributed by atoms with E-state index in [2.05, 4.69) is 65.6 Å². The van der Waals surface area contributed by atoms with Crippen LogP contribution in [0.15, 0.2) is 109 Å². The molecule has 0 radical (unpaired) electrons. The molecule has 48 heavy (non-hydrogen) atoms. The third kappa shape index (κ3) is 7.49. The lowest BCUT2D eigenvalue weighted by Gasteiger charge is -2.38. The highest BCUT2D eigenvalue weighted by Gasteiger charge is 2.34. The molecule has 1 aliphatic heterocycles. The Balaban J connectivity index is 1.24. The van der Waals surface area contributed by atoms with Crippen LogP contribution in [0.4, 0.5) is 5.69 Å². The van der Waals surface area contributed by atoms with Crippen molar-refractivity contribution in [3.63, 3.8) is 0 Å². The molecule has 3 atom stereocenters. The van der Waals surface area contributed by atoms with Crippen LogP contribution in [0, 0.1) is 5.92 Å². The van der Waals surface area contributed by atoms with Gasteiger partial charge < -0.3 is 20.1 Å². The van der Waals surface area contributed by atoms with E-state index in [4.69, 9.17) is 4.74 Å². The molecule has 0 saturated heterocycles. The summed E-state index contributed by atoms with van der Waals surface area (Å²) in [7, 11) is 2.06. The van der Waals surface area contributed by atoms with Crippen molar-refractivity contribution in [1.29, 1.82) is 0 Å². The summed E-state index contributed by atoms with van der Waals surface area (Å²) in [6.45, 7) is 5.45. The van der Waals surface area contributed by atoms with E-state index >= 15 is 0 Å². The van der Waals surface area contributed by atoms with Gasteiger partial charge in [-0.2, -0.15) is 0 Å². The minimum absolute atomic E-state index is 0.0684. The second-order valence-corrected chi connectivity index (χ2v) is 13.3. The first-order valence-electron chi connectivity index (χ1n) is 16.2. The zero-order valence-electron chi connectivity index (χ0n) is 27.4. The van der Waals surface area contributed by atoms with E-state index in [9.17, 15) is 14.7 Å². The van der Waals surface area contributed by atoms with E-state index in [0.29, 0.717) is 42.2 Å². The van der Waals surface area contributed by atoms with E-state index in [1.807, 2.05) is 42.6 Å². The number of thiazole rings is 1. The largest absolute Gasteiger partial charge is 0.486 e. The van der Waals surface area contributed by atoms with E-state index in [-0.39, 0.29) is 36.5 Å². The number of benzene rings is 4. The van der Waals surface area contributed by atoms with Gasteiger partial charge in [-0.25, -0.2) is 4.98 Å². The molecule has 246 valence electrons. The Morgan fingerprint density at radius 2 is 1.71 bits per heavy atom. The number of nitrogens with one attached hydrogen (secondary N) is 1. The number of aromatic nitrogens is 1. The van der Waals surface area contributed by atoms with Crippen molar-refractivity contribution < 1.29 is 19.4 Å². The van der Waals surface area contributed by atoms with E-state index in [1.165, 1.54) is 28.0 Å². The van der Waals surface area contributed by atoms with Gasteiger partial charge in [0, 0.05) is 48.3 Å². The Labute approximate surface area is 285 Å². The maximum absolute atomic E-state index is 13.9. The average molecular weight is 661 g/mol. The van der Waals surface area contributed by atoms with Crippen LogP contribution in [0.1, 0.15) is 40.1 Å². The molecular weight excluding hydrogens is 621 g/mol. The number of hydrogen-bond acceptors (Lipinski definition) is 7. The molecule has 0 bridgehead atoms. The zero-order chi connectivity index (χ0) is 33.6. The molecule has 9 heteroatoms. The fourth-order valence-electron chi connectivity index (χ4n) is 6.00. The van der Waals surface area contributed by atoms with Gasteiger partial charge in [0.15, 0.2) is 5.75 Å². The summed E-state index contributed by atoms with van der Waals surface area (Å²) in [6.07, 6.45) is 1.44. The number of nitrogens with zero attached hydrogens (tertiary/aromatic N) is 3. The van der Waals surface area contributed by atoms with Gasteiger partial charge in [0.05, 0.1) is 23.9 Å². The van der Waals surface area contributed by atoms with Gasteiger partial charge in [-0.15, -0.1) is 11.3 Å². The smallest absolute Gasteiger partial charge is 0.258 e. The third-order valence-corrected chi connectivity index (χ3v) is 9.59. The first-order chi connectivity index (χ1) is 23.3. The number of fused-ring (bicyclic) bond motifs is 1. The normalized spacial score (nSPS) is 16.9. The molecule has 1 aliphatic rings.